The van der Waals surface area contributed by atoms with Gasteiger partial charge in [0.1, 0.15) is 22.9 Å². The number of aliphatic hydroxyl groups excluding tert-OH is 1. The molecule has 1 aliphatic heterocycles. The van der Waals surface area contributed by atoms with Crippen LogP contribution in [0.3, 0.4) is 0 Å². The number of ether oxygens (including phenoxy) is 2. The Kier molecular flexibility index (Phi) is 3.94. The predicted octanol–water partition coefficient (Wildman–Crippen LogP) is 2.17. The first kappa shape index (κ1) is 15.0. The Morgan fingerprint density at radius 3 is 2.65 bits per heavy atom. The number of nitrogens with zero attached hydrogens (tertiary/aromatic N) is 2. The Bertz CT molecular complexity index is 775. The third kappa shape index (κ3) is 2.74. The zero-order valence-corrected chi connectivity index (χ0v) is 12.2. The Morgan fingerprint density at radius 2 is 1.91 bits per heavy atom. The van der Waals surface area contributed by atoms with Crippen molar-refractivity contribution < 1.29 is 19.5 Å². The summed E-state index contributed by atoms with van der Waals surface area (Å²) in [7, 11) is 1.50. The number of para-hydroxylation sites is 3. The summed E-state index contributed by atoms with van der Waals surface area (Å²) in [5.74, 6) is 0.840. The van der Waals surface area contributed by atoms with Crippen molar-refractivity contribution in [2.75, 3.05) is 7.11 Å². The lowest BCUT2D eigenvalue weighted by molar-refractivity contribution is -0.524. The van der Waals surface area contributed by atoms with E-state index in [1.165, 1.54) is 7.11 Å². The van der Waals surface area contributed by atoms with Crippen molar-refractivity contribution >= 4 is 11.4 Å². The summed E-state index contributed by atoms with van der Waals surface area (Å²) in [5.41, 5.74) is 1.06. The molecule has 23 heavy (non-hydrogen) atoms. The number of methoxy groups -OCH3 is 1. The minimum atomic E-state index is -1.60. The van der Waals surface area contributed by atoms with Gasteiger partial charge in [-0.3, -0.25) is 10.1 Å². The molecule has 0 saturated carbocycles. The Balaban J connectivity index is 2.20. The molecule has 2 atom stereocenters. The highest BCUT2D eigenvalue weighted by atomic mass is 16.7. The number of rotatable bonds is 3. The third-order valence-electron chi connectivity index (χ3n) is 3.51. The van der Waals surface area contributed by atoms with Gasteiger partial charge in [-0.2, -0.15) is 0 Å². The van der Waals surface area contributed by atoms with E-state index in [4.69, 9.17) is 9.47 Å². The van der Waals surface area contributed by atoms with E-state index in [1.54, 1.807) is 48.5 Å². The molecule has 2 aromatic carbocycles. The molecule has 0 aromatic heterocycles. The first-order chi connectivity index (χ1) is 11.1. The fourth-order valence-corrected chi connectivity index (χ4v) is 2.45. The van der Waals surface area contributed by atoms with E-state index in [-0.39, 0.29) is 5.71 Å². The average Bonchev–Trinajstić information content (AvgIpc) is 2.54. The smallest absolute Gasteiger partial charge is 0.316 e. The van der Waals surface area contributed by atoms with Gasteiger partial charge < -0.3 is 14.6 Å². The molecular formula is C16H14N2O5. The van der Waals surface area contributed by atoms with Crippen molar-refractivity contribution in [3.8, 4) is 11.5 Å². The van der Waals surface area contributed by atoms with Gasteiger partial charge >= 0.3 is 6.04 Å². The first-order valence-corrected chi connectivity index (χ1v) is 6.91. The van der Waals surface area contributed by atoms with Crippen LogP contribution >= 0.6 is 0 Å². The normalized spacial score (nSPS) is 21.4. The molecule has 7 nitrogen and oxygen atoms in total. The molecule has 0 fully saturated rings. The topological polar surface area (TPSA) is 94.2 Å². The zero-order chi connectivity index (χ0) is 16.4. The van der Waals surface area contributed by atoms with Crippen molar-refractivity contribution in [3.63, 3.8) is 0 Å². The highest BCUT2D eigenvalue weighted by Gasteiger charge is 2.43. The average molecular weight is 314 g/mol. The number of hydrogen-bond donors (Lipinski definition) is 1. The summed E-state index contributed by atoms with van der Waals surface area (Å²) in [4.78, 5) is 15.2. The van der Waals surface area contributed by atoms with Crippen LogP contribution in [0.15, 0.2) is 53.5 Å². The van der Waals surface area contributed by atoms with Gasteiger partial charge in [-0.15, -0.1) is 0 Å². The van der Waals surface area contributed by atoms with E-state index < -0.39 is 17.3 Å². The monoisotopic (exact) mass is 314 g/mol. The summed E-state index contributed by atoms with van der Waals surface area (Å²) < 4.78 is 10.5. The van der Waals surface area contributed by atoms with Gasteiger partial charge in [-0.1, -0.05) is 24.3 Å². The van der Waals surface area contributed by atoms with Crippen LogP contribution in [-0.4, -0.2) is 35.2 Å². The molecule has 3 rings (SSSR count). The number of benzene rings is 2. The maximum atomic E-state index is 11.4. The van der Waals surface area contributed by atoms with Gasteiger partial charge in [0, 0.05) is 10.5 Å². The quantitative estimate of drug-likeness (QED) is 0.692. The number of hydrogen-bond acceptors (Lipinski definition) is 6. The van der Waals surface area contributed by atoms with Crippen molar-refractivity contribution in [1.82, 2.24) is 0 Å². The lowest BCUT2D eigenvalue weighted by atomic mass is 9.99. The minimum absolute atomic E-state index is 0.133. The number of aliphatic imine (C=N–C) groups is 1. The lowest BCUT2D eigenvalue weighted by Crippen LogP contribution is -2.47. The van der Waals surface area contributed by atoms with Gasteiger partial charge in [-0.25, -0.2) is 4.99 Å². The standard InChI is InChI=1S/C16H14N2O5/c1-22-13-9-5-3-7-11(13)17-14-10-6-2-4-8-12(10)23-16(19)15(14)18(20)21/h2-9,15-16,19H,1H3/t15-,16+/m0/s1. The Labute approximate surface area is 132 Å². The molecule has 1 aliphatic rings. The molecule has 7 heteroatoms. The molecule has 0 aliphatic carbocycles. The van der Waals surface area contributed by atoms with Gasteiger partial charge in [0.15, 0.2) is 0 Å². The van der Waals surface area contributed by atoms with E-state index >= 15 is 0 Å². The predicted molar refractivity (Wildman–Crippen MR) is 83.1 cm³/mol. The van der Waals surface area contributed by atoms with E-state index in [2.05, 4.69) is 4.99 Å². The zero-order valence-electron chi connectivity index (χ0n) is 12.2. The van der Waals surface area contributed by atoms with Crippen molar-refractivity contribution in [2.24, 2.45) is 4.99 Å². The SMILES string of the molecule is COc1ccccc1N=C1c2ccccc2O[C@@H](O)[C@H]1[N+](=O)[O-]. The fourth-order valence-electron chi connectivity index (χ4n) is 2.45. The number of fused-ring (bicyclic) bond motifs is 1. The number of nitro groups is 1. The van der Waals surface area contributed by atoms with E-state index in [0.29, 0.717) is 22.7 Å². The fraction of sp³-hybridized carbons (Fsp3) is 0.188. The largest absolute Gasteiger partial charge is 0.494 e. The second-order valence-corrected chi connectivity index (χ2v) is 4.90. The third-order valence-corrected chi connectivity index (χ3v) is 3.51. The Hall–Kier alpha value is -2.93. The van der Waals surface area contributed by atoms with Crippen LogP contribution in [0, 0.1) is 10.1 Å². The van der Waals surface area contributed by atoms with Crippen LogP contribution < -0.4 is 9.47 Å². The molecule has 0 amide bonds. The molecule has 118 valence electrons. The van der Waals surface area contributed by atoms with Crippen molar-refractivity contribution in [1.29, 1.82) is 0 Å². The van der Waals surface area contributed by atoms with Crippen LogP contribution in [0.25, 0.3) is 0 Å². The maximum Gasteiger partial charge on any atom is 0.316 e. The van der Waals surface area contributed by atoms with Crippen LogP contribution in [0.5, 0.6) is 11.5 Å². The Morgan fingerprint density at radius 1 is 1.22 bits per heavy atom. The van der Waals surface area contributed by atoms with Crippen LogP contribution in [0.4, 0.5) is 5.69 Å². The molecular weight excluding hydrogens is 300 g/mol. The van der Waals surface area contributed by atoms with Crippen LogP contribution in [0.1, 0.15) is 5.56 Å². The van der Waals surface area contributed by atoms with Gasteiger partial charge in [0.25, 0.3) is 6.29 Å². The van der Waals surface area contributed by atoms with E-state index in [0.717, 1.165) is 0 Å². The molecule has 0 radical (unpaired) electrons. The summed E-state index contributed by atoms with van der Waals surface area (Å²) in [6.45, 7) is 0. The highest BCUT2D eigenvalue weighted by Crippen LogP contribution is 2.33. The minimum Gasteiger partial charge on any atom is -0.494 e. The van der Waals surface area contributed by atoms with Crippen molar-refractivity contribution in [3.05, 3.63) is 64.2 Å². The van der Waals surface area contributed by atoms with Gasteiger partial charge in [0.2, 0.25) is 0 Å². The van der Waals surface area contributed by atoms with E-state index in [9.17, 15) is 15.2 Å². The molecule has 0 saturated heterocycles. The second-order valence-electron chi connectivity index (χ2n) is 4.90. The summed E-state index contributed by atoms with van der Waals surface area (Å²) >= 11 is 0. The van der Waals surface area contributed by atoms with E-state index in [1.807, 2.05) is 0 Å². The molecule has 0 spiro atoms. The first-order valence-electron chi connectivity index (χ1n) is 6.91. The maximum absolute atomic E-state index is 11.4. The highest BCUT2D eigenvalue weighted by molar-refractivity contribution is 6.08. The molecule has 1 N–H and O–H groups in total. The lowest BCUT2D eigenvalue weighted by Gasteiger charge is -2.26. The van der Waals surface area contributed by atoms with Gasteiger partial charge in [-0.05, 0) is 24.3 Å². The van der Waals surface area contributed by atoms with Crippen LogP contribution in [-0.2, 0) is 0 Å². The summed E-state index contributed by atoms with van der Waals surface area (Å²) in [6, 6.07) is 12.2. The van der Waals surface area contributed by atoms with Crippen molar-refractivity contribution in [2.45, 2.75) is 12.3 Å². The molecule has 1 heterocycles. The summed E-state index contributed by atoms with van der Waals surface area (Å²) in [5, 5.41) is 21.4. The molecule has 0 bridgehead atoms. The summed E-state index contributed by atoms with van der Waals surface area (Å²) in [6.07, 6.45) is -1.60. The second kappa shape index (κ2) is 6.05. The van der Waals surface area contributed by atoms with Crippen LogP contribution in [0.2, 0.25) is 0 Å². The van der Waals surface area contributed by atoms with Gasteiger partial charge in [0.05, 0.1) is 7.11 Å². The number of aliphatic hydroxyl groups is 1. The molecule has 2 aromatic rings. The molecule has 0 unspecified atom stereocenters.